The molecule has 0 aliphatic heterocycles. The molecule has 0 radical (unpaired) electrons. The molecular formula is C25H17ClF7N3S. The average molecular weight is 560 g/mol. The SMILES string of the molecule is Fc1cc(C(F)(F)F)cc([C@@](Cc2ccccc2)(Nc2nc(CC(F)(F)F)cs2)c2ccc(Cl)cn2)c1. The van der Waals surface area contributed by atoms with Gasteiger partial charge < -0.3 is 5.32 Å². The van der Waals surface area contributed by atoms with E-state index >= 15 is 0 Å². The fourth-order valence-electron chi connectivity index (χ4n) is 3.88. The van der Waals surface area contributed by atoms with E-state index in [9.17, 15) is 30.7 Å². The molecule has 0 amide bonds. The number of aromatic nitrogens is 2. The van der Waals surface area contributed by atoms with E-state index in [-0.39, 0.29) is 33.5 Å². The maximum Gasteiger partial charge on any atom is 0.416 e. The summed E-state index contributed by atoms with van der Waals surface area (Å²) in [6, 6.07) is 13.6. The van der Waals surface area contributed by atoms with Gasteiger partial charge in [0.2, 0.25) is 0 Å². The van der Waals surface area contributed by atoms with Crippen molar-refractivity contribution in [1.82, 2.24) is 9.97 Å². The third kappa shape index (κ3) is 6.58. The molecule has 0 aliphatic rings. The number of anilines is 1. The van der Waals surface area contributed by atoms with Gasteiger partial charge in [-0.1, -0.05) is 41.9 Å². The normalized spacial score (nSPS) is 13.8. The highest BCUT2D eigenvalue weighted by atomic mass is 35.5. The Balaban J connectivity index is 1.94. The molecule has 0 unspecified atom stereocenters. The van der Waals surface area contributed by atoms with Crippen molar-refractivity contribution >= 4 is 28.1 Å². The van der Waals surface area contributed by atoms with Crippen LogP contribution >= 0.6 is 22.9 Å². The van der Waals surface area contributed by atoms with E-state index < -0.39 is 35.7 Å². The topological polar surface area (TPSA) is 37.8 Å². The largest absolute Gasteiger partial charge is 0.416 e. The van der Waals surface area contributed by atoms with Crippen molar-refractivity contribution in [2.24, 2.45) is 0 Å². The van der Waals surface area contributed by atoms with Crippen molar-refractivity contribution in [3.05, 3.63) is 111 Å². The molecule has 2 aromatic heterocycles. The number of hydrogen-bond donors (Lipinski definition) is 1. The van der Waals surface area contributed by atoms with E-state index in [0.29, 0.717) is 11.6 Å². The first kappa shape index (κ1) is 26.9. The van der Waals surface area contributed by atoms with Gasteiger partial charge in [-0.2, -0.15) is 26.3 Å². The molecule has 0 saturated heterocycles. The summed E-state index contributed by atoms with van der Waals surface area (Å²) >= 11 is 6.84. The number of hydrogen-bond acceptors (Lipinski definition) is 4. The van der Waals surface area contributed by atoms with Crippen LogP contribution in [0, 0.1) is 5.82 Å². The highest BCUT2D eigenvalue weighted by Crippen LogP contribution is 2.40. The monoisotopic (exact) mass is 559 g/mol. The Morgan fingerprint density at radius 2 is 1.57 bits per heavy atom. The summed E-state index contributed by atoms with van der Waals surface area (Å²) in [5.74, 6) is -1.14. The number of nitrogens with zero attached hydrogens (tertiary/aromatic N) is 2. The molecule has 12 heteroatoms. The van der Waals surface area contributed by atoms with Crippen molar-refractivity contribution in [2.45, 2.75) is 30.7 Å². The molecule has 0 fully saturated rings. The molecule has 4 aromatic rings. The minimum absolute atomic E-state index is 0.00949. The smallest absolute Gasteiger partial charge is 0.346 e. The summed E-state index contributed by atoms with van der Waals surface area (Å²) in [4.78, 5) is 8.31. The molecule has 4 rings (SSSR count). The van der Waals surface area contributed by atoms with Gasteiger partial charge >= 0.3 is 12.4 Å². The number of rotatable bonds is 7. The van der Waals surface area contributed by atoms with Gasteiger partial charge in [-0.3, -0.25) is 4.98 Å². The van der Waals surface area contributed by atoms with Crippen molar-refractivity contribution in [2.75, 3.05) is 5.32 Å². The number of alkyl halides is 6. The zero-order valence-corrected chi connectivity index (χ0v) is 20.2. The van der Waals surface area contributed by atoms with Crippen molar-refractivity contribution in [3.8, 4) is 0 Å². The van der Waals surface area contributed by atoms with Gasteiger partial charge in [-0.25, -0.2) is 9.37 Å². The minimum Gasteiger partial charge on any atom is -0.346 e. The van der Waals surface area contributed by atoms with E-state index in [4.69, 9.17) is 11.6 Å². The number of pyridine rings is 1. The predicted octanol–water partition coefficient (Wildman–Crippen LogP) is 8.05. The third-order valence-corrected chi connectivity index (χ3v) is 6.48. The lowest BCUT2D eigenvalue weighted by Gasteiger charge is -2.36. The standard InChI is InChI=1S/C25H17ClF7N3S/c26-18-6-7-21(34-13-18)23(11-15-4-2-1-3-5-15,16-8-17(25(31,32)33)10-19(27)9-16)36-22-35-20(14-37-22)12-24(28,29)30/h1-10,13-14H,11-12H2,(H,35,36)/t23-/m1/s1. The van der Waals surface area contributed by atoms with Crippen molar-refractivity contribution in [3.63, 3.8) is 0 Å². The third-order valence-electron chi connectivity index (χ3n) is 5.45. The fraction of sp³-hybridized carbons (Fsp3) is 0.200. The van der Waals surface area contributed by atoms with Gasteiger partial charge in [0.15, 0.2) is 5.13 Å². The van der Waals surface area contributed by atoms with Crippen LogP contribution in [0.3, 0.4) is 0 Å². The van der Waals surface area contributed by atoms with Crippen LogP contribution in [0.15, 0.2) is 72.2 Å². The lowest BCUT2D eigenvalue weighted by atomic mass is 9.80. The molecule has 1 N–H and O–H groups in total. The van der Waals surface area contributed by atoms with Crippen LogP contribution in [0.1, 0.15) is 28.1 Å². The Labute approximate surface area is 216 Å². The minimum atomic E-state index is -4.86. The van der Waals surface area contributed by atoms with Gasteiger partial charge in [-0.15, -0.1) is 11.3 Å². The van der Waals surface area contributed by atoms with Gasteiger partial charge in [0.05, 0.1) is 28.4 Å². The molecule has 194 valence electrons. The van der Waals surface area contributed by atoms with Crippen LogP contribution in [-0.2, 0) is 24.6 Å². The summed E-state index contributed by atoms with van der Waals surface area (Å²) in [7, 11) is 0. The Bertz CT molecular complexity index is 1360. The van der Waals surface area contributed by atoms with Crippen LogP contribution in [-0.4, -0.2) is 16.1 Å². The van der Waals surface area contributed by atoms with E-state index in [1.54, 1.807) is 30.3 Å². The molecule has 0 spiro atoms. The zero-order chi connectivity index (χ0) is 26.8. The average Bonchev–Trinajstić information content (AvgIpc) is 3.23. The second kappa shape index (κ2) is 10.3. The Hall–Kier alpha value is -3.18. The van der Waals surface area contributed by atoms with Gasteiger partial charge in [-0.05, 0) is 41.5 Å². The lowest BCUT2D eigenvalue weighted by molar-refractivity contribution is -0.137. The second-order valence-electron chi connectivity index (χ2n) is 8.22. The Morgan fingerprint density at radius 1 is 0.865 bits per heavy atom. The molecule has 37 heavy (non-hydrogen) atoms. The van der Waals surface area contributed by atoms with Crippen molar-refractivity contribution < 1.29 is 30.7 Å². The van der Waals surface area contributed by atoms with Crippen LogP contribution in [0.2, 0.25) is 5.02 Å². The van der Waals surface area contributed by atoms with Gasteiger partial charge in [0.1, 0.15) is 11.4 Å². The van der Waals surface area contributed by atoms with E-state index in [2.05, 4.69) is 15.3 Å². The molecule has 0 saturated carbocycles. The molecule has 0 bridgehead atoms. The van der Waals surface area contributed by atoms with Gasteiger partial charge in [0, 0.05) is 18.0 Å². The first-order valence-corrected chi connectivity index (χ1v) is 11.9. The highest BCUT2D eigenvalue weighted by Gasteiger charge is 2.40. The summed E-state index contributed by atoms with van der Waals surface area (Å²) in [6.07, 6.45) is -9.41. The first-order valence-electron chi connectivity index (χ1n) is 10.7. The Kier molecular flexibility index (Phi) is 7.48. The van der Waals surface area contributed by atoms with E-state index in [1.165, 1.54) is 23.7 Å². The van der Waals surface area contributed by atoms with Crippen LogP contribution in [0.5, 0.6) is 0 Å². The molecule has 3 nitrogen and oxygen atoms in total. The van der Waals surface area contributed by atoms with E-state index in [0.717, 1.165) is 23.5 Å². The molecule has 0 aliphatic carbocycles. The maximum absolute atomic E-state index is 14.6. The molecule has 1 atom stereocenters. The summed E-state index contributed by atoms with van der Waals surface area (Å²) in [6.45, 7) is 0. The predicted molar refractivity (Wildman–Crippen MR) is 127 cm³/mol. The lowest BCUT2D eigenvalue weighted by Crippen LogP contribution is -2.40. The van der Waals surface area contributed by atoms with E-state index in [1.807, 2.05) is 0 Å². The zero-order valence-electron chi connectivity index (χ0n) is 18.7. The maximum atomic E-state index is 14.6. The number of thiazole rings is 1. The van der Waals surface area contributed by atoms with Crippen molar-refractivity contribution in [1.29, 1.82) is 0 Å². The summed E-state index contributed by atoms with van der Waals surface area (Å²) in [5.41, 5.74) is -2.52. The first-order chi connectivity index (χ1) is 17.3. The molecule has 2 aromatic carbocycles. The molecule has 2 heterocycles. The highest BCUT2D eigenvalue weighted by molar-refractivity contribution is 7.13. The Morgan fingerprint density at radius 3 is 2.19 bits per heavy atom. The summed E-state index contributed by atoms with van der Waals surface area (Å²) < 4.78 is 94.4. The van der Waals surface area contributed by atoms with Gasteiger partial charge in [0.25, 0.3) is 0 Å². The number of nitrogens with one attached hydrogen (secondary N) is 1. The molecular weight excluding hydrogens is 543 g/mol. The second-order valence-corrected chi connectivity index (χ2v) is 9.51. The van der Waals surface area contributed by atoms with Crippen LogP contribution < -0.4 is 5.32 Å². The summed E-state index contributed by atoms with van der Waals surface area (Å²) in [5, 5.41) is 4.44. The quantitative estimate of drug-likeness (QED) is 0.233. The fourth-order valence-corrected chi connectivity index (χ4v) is 4.78. The van der Waals surface area contributed by atoms with Crippen LogP contribution in [0.4, 0.5) is 35.9 Å². The van der Waals surface area contributed by atoms with Crippen LogP contribution in [0.25, 0.3) is 0 Å². The number of halogens is 8. The number of benzene rings is 2.